The molecule has 2 aliphatic heterocycles. The van der Waals surface area contributed by atoms with Gasteiger partial charge in [-0.05, 0) is 61.0 Å². The molecule has 0 N–H and O–H groups in total. The number of fused-ring (bicyclic) bond motifs is 2. The van der Waals surface area contributed by atoms with Gasteiger partial charge in [0.05, 0.1) is 11.1 Å². The fourth-order valence-electron chi connectivity index (χ4n) is 3.68. The highest BCUT2D eigenvalue weighted by Gasteiger charge is 2.30. The van der Waals surface area contributed by atoms with E-state index in [9.17, 15) is 9.59 Å². The summed E-state index contributed by atoms with van der Waals surface area (Å²) in [6.07, 6.45) is 1.71. The van der Waals surface area contributed by atoms with E-state index in [1.807, 2.05) is 43.3 Å². The van der Waals surface area contributed by atoms with Gasteiger partial charge in [0.25, 0.3) is 0 Å². The van der Waals surface area contributed by atoms with Crippen LogP contribution in [0.25, 0.3) is 6.08 Å². The van der Waals surface area contributed by atoms with Gasteiger partial charge >= 0.3 is 5.97 Å². The Morgan fingerprint density at radius 2 is 1.76 bits per heavy atom. The SMILES string of the molecule is Cc1c(OC(=O)c2ccc3c(c2)OCO3)ccc2c1O/C(=C\c1ccc(N(C)C)cc1)C2=O. The molecule has 0 aliphatic carbocycles. The molecule has 0 unspecified atom stereocenters. The number of hydrogen-bond donors (Lipinski definition) is 0. The highest BCUT2D eigenvalue weighted by molar-refractivity contribution is 6.15. The molecule has 166 valence electrons. The maximum absolute atomic E-state index is 12.9. The number of nitrogens with zero attached hydrogens (tertiary/aromatic N) is 1. The van der Waals surface area contributed by atoms with Gasteiger partial charge in [-0.3, -0.25) is 4.79 Å². The Morgan fingerprint density at radius 3 is 2.52 bits per heavy atom. The maximum Gasteiger partial charge on any atom is 0.343 e. The van der Waals surface area contributed by atoms with Crippen molar-refractivity contribution in [2.75, 3.05) is 25.8 Å². The predicted octanol–water partition coefficient (Wildman–Crippen LogP) is 4.63. The second kappa shape index (κ2) is 8.02. The molecule has 0 spiro atoms. The van der Waals surface area contributed by atoms with Crippen molar-refractivity contribution in [2.24, 2.45) is 0 Å². The topological polar surface area (TPSA) is 74.3 Å². The number of esters is 1. The van der Waals surface area contributed by atoms with Gasteiger partial charge in [-0.15, -0.1) is 0 Å². The molecule has 0 radical (unpaired) electrons. The summed E-state index contributed by atoms with van der Waals surface area (Å²) in [5.74, 6) is 1.27. The van der Waals surface area contributed by atoms with Crippen LogP contribution in [0, 0.1) is 6.92 Å². The van der Waals surface area contributed by atoms with Crippen LogP contribution >= 0.6 is 0 Å². The first-order valence-electron chi connectivity index (χ1n) is 10.4. The minimum absolute atomic E-state index is 0.124. The molecular formula is C26H21NO6. The summed E-state index contributed by atoms with van der Waals surface area (Å²) in [5, 5.41) is 0. The Morgan fingerprint density at radius 1 is 1.00 bits per heavy atom. The lowest BCUT2D eigenvalue weighted by Gasteiger charge is -2.12. The van der Waals surface area contributed by atoms with E-state index in [0.717, 1.165) is 11.3 Å². The van der Waals surface area contributed by atoms with Crippen LogP contribution < -0.4 is 23.8 Å². The first-order valence-corrected chi connectivity index (χ1v) is 10.4. The van der Waals surface area contributed by atoms with Crippen LogP contribution in [-0.4, -0.2) is 32.6 Å². The zero-order valence-electron chi connectivity index (χ0n) is 18.4. The van der Waals surface area contributed by atoms with Gasteiger partial charge in [0.2, 0.25) is 12.6 Å². The quantitative estimate of drug-likeness (QED) is 0.331. The van der Waals surface area contributed by atoms with Crippen LogP contribution in [0.3, 0.4) is 0 Å². The third kappa shape index (κ3) is 3.78. The van der Waals surface area contributed by atoms with E-state index in [0.29, 0.717) is 39.7 Å². The Bertz CT molecular complexity index is 1310. The Labute approximate surface area is 190 Å². The van der Waals surface area contributed by atoms with Crippen molar-refractivity contribution in [1.82, 2.24) is 0 Å². The summed E-state index contributed by atoms with van der Waals surface area (Å²) in [5.41, 5.74) is 3.25. The summed E-state index contributed by atoms with van der Waals surface area (Å²) in [7, 11) is 3.93. The Balaban J connectivity index is 1.37. The average molecular weight is 443 g/mol. The van der Waals surface area contributed by atoms with Crippen molar-refractivity contribution < 1.29 is 28.5 Å². The van der Waals surface area contributed by atoms with E-state index < -0.39 is 5.97 Å². The van der Waals surface area contributed by atoms with E-state index in [4.69, 9.17) is 18.9 Å². The first-order chi connectivity index (χ1) is 15.9. The lowest BCUT2D eigenvalue weighted by molar-refractivity contribution is 0.0732. The second-order valence-electron chi connectivity index (χ2n) is 7.95. The second-order valence-corrected chi connectivity index (χ2v) is 7.95. The van der Waals surface area contributed by atoms with E-state index in [1.54, 1.807) is 43.3 Å². The number of hydrogen-bond acceptors (Lipinski definition) is 7. The number of ether oxygens (including phenoxy) is 4. The summed E-state index contributed by atoms with van der Waals surface area (Å²) >= 11 is 0. The molecule has 0 atom stereocenters. The third-order valence-electron chi connectivity index (χ3n) is 5.55. The third-order valence-corrected chi connectivity index (χ3v) is 5.55. The van der Waals surface area contributed by atoms with Crippen LogP contribution in [0.4, 0.5) is 5.69 Å². The van der Waals surface area contributed by atoms with Crippen molar-refractivity contribution in [3.8, 4) is 23.0 Å². The van der Waals surface area contributed by atoms with Crippen molar-refractivity contribution in [3.63, 3.8) is 0 Å². The van der Waals surface area contributed by atoms with Crippen molar-refractivity contribution in [3.05, 3.63) is 82.6 Å². The maximum atomic E-state index is 12.9. The van der Waals surface area contributed by atoms with Crippen LogP contribution in [0.5, 0.6) is 23.0 Å². The minimum Gasteiger partial charge on any atom is -0.454 e. The zero-order valence-corrected chi connectivity index (χ0v) is 18.4. The Kier molecular flexibility index (Phi) is 5.01. The van der Waals surface area contributed by atoms with Gasteiger partial charge in [-0.25, -0.2) is 4.79 Å². The number of ketones is 1. The van der Waals surface area contributed by atoms with E-state index in [2.05, 4.69) is 0 Å². The Hall–Kier alpha value is -4.26. The minimum atomic E-state index is -0.544. The molecule has 0 saturated heterocycles. The summed E-state index contributed by atoms with van der Waals surface area (Å²) < 4.78 is 22.1. The first kappa shape index (κ1) is 20.6. The highest BCUT2D eigenvalue weighted by atomic mass is 16.7. The molecule has 0 fully saturated rings. The summed E-state index contributed by atoms with van der Waals surface area (Å²) in [4.78, 5) is 27.5. The lowest BCUT2D eigenvalue weighted by atomic mass is 10.1. The molecule has 2 aliphatic rings. The van der Waals surface area contributed by atoms with E-state index >= 15 is 0 Å². The van der Waals surface area contributed by atoms with Crippen LogP contribution in [0.15, 0.2) is 60.4 Å². The number of anilines is 1. The fourth-order valence-corrected chi connectivity index (χ4v) is 3.68. The summed E-state index contributed by atoms with van der Waals surface area (Å²) in [6, 6.07) is 15.9. The average Bonchev–Trinajstić information content (AvgIpc) is 3.40. The van der Waals surface area contributed by atoms with Crippen LogP contribution in [0.1, 0.15) is 31.8 Å². The van der Waals surface area contributed by atoms with Gasteiger partial charge in [0.15, 0.2) is 17.3 Å². The molecular weight excluding hydrogens is 422 g/mol. The van der Waals surface area contributed by atoms with Gasteiger partial charge in [0, 0.05) is 25.3 Å². The standard InChI is InChI=1S/C26H21NO6/c1-15-20(33-26(29)17-6-10-21-22(13-17)31-14-30-21)11-9-19-24(28)23(32-25(15)19)12-16-4-7-18(8-5-16)27(2)3/h4-13H,14H2,1-3H3/b23-12-. The molecule has 5 rings (SSSR count). The monoisotopic (exact) mass is 443 g/mol. The smallest absolute Gasteiger partial charge is 0.343 e. The van der Waals surface area contributed by atoms with Crippen LogP contribution in [0.2, 0.25) is 0 Å². The molecule has 3 aromatic carbocycles. The van der Waals surface area contributed by atoms with Gasteiger partial charge in [0.1, 0.15) is 11.5 Å². The number of Topliss-reactive ketones (excluding diaryl/α,β-unsaturated/α-hetero) is 1. The van der Waals surface area contributed by atoms with Gasteiger partial charge < -0.3 is 23.8 Å². The number of allylic oxidation sites excluding steroid dienone is 1. The van der Waals surface area contributed by atoms with Crippen LogP contribution in [-0.2, 0) is 0 Å². The number of rotatable bonds is 4. The summed E-state index contributed by atoms with van der Waals surface area (Å²) in [6.45, 7) is 1.88. The largest absolute Gasteiger partial charge is 0.454 e. The zero-order chi connectivity index (χ0) is 23.1. The van der Waals surface area contributed by atoms with Crippen molar-refractivity contribution in [1.29, 1.82) is 0 Å². The van der Waals surface area contributed by atoms with Gasteiger partial charge in [-0.1, -0.05) is 12.1 Å². The number of benzene rings is 3. The molecule has 0 amide bonds. The molecule has 0 bridgehead atoms. The van der Waals surface area contributed by atoms with E-state index in [1.165, 1.54) is 0 Å². The lowest BCUT2D eigenvalue weighted by Crippen LogP contribution is -2.09. The highest BCUT2D eigenvalue weighted by Crippen LogP contribution is 2.40. The fraction of sp³-hybridized carbons (Fsp3) is 0.154. The predicted molar refractivity (Wildman–Crippen MR) is 122 cm³/mol. The molecule has 33 heavy (non-hydrogen) atoms. The normalized spacial score (nSPS) is 14.8. The van der Waals surface area contributed by atoms with Crippen molar-refractivity contribution >= 4 is 23.5 Å². The molecule has 0 saturated carbocycles. The molecule has 7 heteroatoms. The molecule has 3 aromatic rings. The van der Waals surface area contributed by atoms with Crippen molar-refractivity contribution in [2.45, 2.75) is 6.92 Å². The number of carbonyl (C=O) groups excluding carboxylic acids is 2. The molecule has 7 nitrogen and oxygen atoms in total. The number of carbonyl (C=O) groups is 2. The molecule has 0 aromatic heterocycles. The van der Waals surface area contributed by atoms with Gasteiger partial charge in [-0.2, -0.15) is 0 Å². The van der Waals surface area contributed by atoms with E-state index in [-0.39, 0.29) is 18.3 Å². The molecule has 2 heterocycles.